The van der Waals surface area contributed by atoms with Gasteiger partial charge in [0.15, 0.2) is 0 Å². The van der Waals surface area contributed by atoms with E-state index in [1.165, 1.54) is 16.8 Å². The van der Waals surface area contributed by atoms with E-state index in [4.69, 9.17) is 0 Å². The van der Waals surface area contributed by atoms with Crippen LogP contribution in [0.1, 0.15) is 27.7 Å². The first-order chi connectivity index (χ1) is 6.78. The summed E-state index contributed by atoms with van der Waals surface area (Å²) in [5.74, 6) is 0. The van der Waals surface area contributed by atoms with Crippen molar-refractivity contribution in [2.24, 2.45) is 0 Å². The van der Waals surface area contributed by atoms with Crippen molar-refractivity contribution in [3.63, 3.8) is 0 Å². The van der Waals surface area contributed by atoms with Crippen LogP contribution >= 0.6 is 0 Å². The molecule has 0 atom stereocenters. The second-order valence-electron chi connectivity index (χ2n) is 4.34. The average molecular weight is 206 g/mol. The van der Waals surface area contributed by atoms with Crippen LogP contribution in [-0.2, 0) is 0 Å². The predicted molar refractivity (Wildman–Crippen MR) is 69.3 cm³/mol. The van der Waals surface area contributed by atoms with Gasteiger partial charge >= 0.3 is 0 Å². The van der Waals surface area contributed by atoms with Gasteiger partial charge in [-0.05, 0) is 27.4 Å². The van der Waals surface area contributed by atoms with Gasteiger partial charge in [-0.15, -0.1) is 0 Å². The van der Waals surface area contributed by atoms with Crippen molar-refractivity contribution in [1.82, 2.24) is 0 Å². The monoisotopic (exact) mass is 206 g/mol. The minimum atomic E-state index is 0.702. The molecule has 0 N–H and O–H groups in total. The molecule has 0 bridgehead atoms. The summed E-state index contributed by atoms with van der Waals surface area (Å²) in [5, 5.41) is 0. The van der Waals surface area contributed by atoms with E-state index in [9.17, 15) is 0 Å². The Balaban J connectivity index is 5.33. The quantitative estimate of drug-likeness (QED) is 0.481. The van der Waals surface area contributed by atoms with Gasteiger partial charge < -0.3 is 0 Å². The fourth-order valence-corrected chi connectivity index (χ4v) is 1.40. The van der Waals surface area contributed by atoms with Crippen LogP contribution in [-0.4, -0.2) is 18.6 Å². The molecule has 0 unspecified atom stereocenters. The van der Waals surface area contributed by atoms with Crippen molar-refractivity contribution >= 4 is 0 Å². The molecule has 0 saturated heterocycles. The number of rotatable bonds is 4. The molecule has 0 heterocycles. The number of hydrogen-bond donors (Lipinski definition) is 0. The Hall–Kier alpha value is -1.08. The van der Waals surface area contributed by atoms with Gasteiger partial charge in [-0.2, -0.15) is 0 Å². The van der Waals surface area contributed by atoms with E-state index in [1.807, 2.05) is 13.0 Å². The summed E-state index contributed by atoms with van der Waals surface area (Å²) in [6, 6.07) is 0. The molecule has 1 nitrogen and oxygen atoms in total. The Bertz CT molecular complexity index is 327. The van der Waals surface area contributed by atoms with Crippen LogP contribution in [0.3, 0.4) is 0 Å². The highest BCUT2D eigenvalue weighted by molar-refractivity contribution is 5.24. The van der Waals surface area contributed by atoms with Crippen LogP contribution < -0.4 is 0 Å². The van der Waals surface area contributed by atoms with Gasteiger partial charge in [-0.1, -0.05) is 18.7 Å². The standard InChI is InChI=1S/C14H24N/c1-9-11(3)13(5)15(7,8)14(6)12(4)10-2/h9-10H,1,6H2,2-5,7-8H3/q+1. The molecule has 0 aromatic rings. The van der Waals surface area contributed by atoms with Gasteiger partial charge in [0, 0.05) is 18.1 Å². The van der Waals surface area contributed by atoms with Crippen molar-refractivity contribution in [3.05, 3.63) is 47.9 Å². The predicted octanol–water partition coefficient (Wildman–Crippen LogP) is 4.02. The first kappa shape index (κ1) is 13.9. The second kappa shape index (κ2) is 5.13. The van der Waals surface area contributed by atoms with E-state index in [1.54, 1.807) is 0 Å². The molecule has 0 aliphatic carbocycles. The third-order valence-corrected chi connectivity index (χ3v) is 3.28. The molecule has 0 fully saturated rings. The third kappa shape index (κ3) is 2.93. The van der Waals surface area contributed by atoms with Crippen LogP contribution in [0, 0.1) is 0 Å². The Morgan fingerprint density at radius 1 is 1.13 bits per heavy atom. The van der Waals surface area contributed by atoms with Gasteiger partial charge in [-0.3, -0.25) is 4.48 Å². The maximum Gasteiger partial charge on any atom is 0.132 e. The Morgan fingerprint density at radius 3 is 1.93 bits per heavy atom. The largest absolute Gasteiger partial charge is 0.267 e. The van der Waals surface area contributed by atoms with E-state index >= 15 is 0 Å². The molecule has 0 radical (unpaired) electrons. The highest BCUT2D eigenvalue weighted by atomic mass is 15.3. The highest BCUT2D eigenvalue weighted by Gasteiger charge is 2.25. The molecule has 1 heteroatoms. The van der Waals surface area contributed by atoms with Gasteiger partial charge in [-0.25, -0.2) is 0 Å². The molecule has 0 aromatic heterocycles. The molecule has 0 amide bonds. The Kier molecular flexibility index (Phi) is 4.76. The first-order valence-electron chi connectivity index (χ1n) is 5.26. The second-order valence-corrected chi connectivity index (χ2v) is 4.34. The topological polar surface area (TPSA) is 0 Å². The molecule has 0 spiro atoms. The van der Waals surface area contributed by atoms with Crippen LogP contribution in [0.15, 0.2) is 47.9 Å². The lowest BCUT2D eigenvalue weighted by Gasteiger charge is -2.32. The fourth-order valence-electron chi connectivity index (χ4n) is 1.40. The number of nitrogens with zero attached hydrogens (tertiary/aromatic N) is 1. The number of quaternary nitrogens is 1. The zero-order chi connectivity index (χ0) is 12.2. The number of allylic oxidation sites excluding steroid dienone is 5. The smallest absolute Gasteiger partial charge is 0.132 e. The zero-order valence-corrected chi connectivity index (χ0v) is 11.0. The maximum absolute atomic E-state index is 4.17. The normalized spacial score (nSPS) is 14.7. The van der Waals surface area contributed by atoms with Gasteiger partial charge in [0.1, 0.15) is 11.4 Å². The molecule has 0 rings (SSSR count). The van der Waals surface area contributed by atoms with Crippen LogP contribution in [0.4, 0.5) is 0 Å². The van der Waals surface area contributed by atoms with Crippen LogP contribution in [0.25, 0.3) is 0 Å². The highest BCUT2D eigenvalue weighted by Crippen LogP contribution is 2.26. The lowest BCUT2D eigenvalue weighted by molar-refractivity contribution is -0.810. The van der Waals surface area contributed by atoms with Gasteiger partial charge in [0.25, 0.3) is 0 Å². The van der Waals surface area contributed by atoms with E-state index < -0.39 is 0 Å². The SMILES string of the molecule is C=CC(C)=C(C)[N+](C)(C)C(=C)C(C)=CC. The number of likely N-dealkylation sites (N-methyl/N-ethyl adjacent to an activating group) is 1. The molecular formula is C14H24N+. The zero-order valence-electron chi connectivity index (χ0n) is 11.0. The third-order valence-electron chi connectivity index (χ3n) is 3.28. The van der Waals surface area contributed by atoms with E-state index in [0.29, 0.717) is 4.48 Å². The van der Waals surface area contributed by atoms with Crippen LogP contribution in [0.5, 0.6) is 0 Å². The van der Waals surface area contributed by atoms with Gasteiger partial charge in [0.05, 0.1) is 14.1 Å². The van der Waals surface area contributed by atoms with E-state index in [-0.39, 0.29) is 0 Å². The van der Waals surface area contributed by atoms with Crippen molar-refractivity contribution in [3.8, 4) is 0 Å². The summed E-state index contributed by atoms with van der Waals surface area (Å²) in [6.07, 6.45) is 3.99. The minimum absolute atomic E-state index is 0.702. The lowest BCUT2D eigenvalue weighted by atomic mass is 10.1. The van der Waals surface area contributed by atoms with Crippen molar-refractivity contribution < 1.29 is 4.48 Å². The van der Waals surface area contributed by atoms with E-state index in [2.05, 4.69) is 54.1 Å². The molecule has 0 saturated carbocycles. The van der Waals surface area contributed by atoms with Crippen molar-refractivity contribution in [2.45, 2.75) is 27.7 Å². The molecule has 0 aliphatic rings. The maximum atomic E-state index is 4.17. The van der Waals surface area contributed by atoms with Crippen molar-refractivity contribution in [2.75, 3.05) is 14.1 Å². The summed E-state index contributed by atoms with van der Waals surface area (Å²) < 4.78 is 0.702. The van der Waals surface area contributed by atoms with Crippen molar-refractivity contribution in [1.29, 1.82) is 0 Å². The fraction of sp³-hybridized carbons (Fsp3) is 0.429. The summed E-state index contributed by atoms with van der Waals surface area (Å²) in [4.78, 5) is 0. The summed E-state index contributed by atoms with van der Waals surface area (Å²) in [5.41, 5.74) is 4.84. The summed E-state index contributed by atoms with van der Waals surface area (Å²) >= 11 is 0. The summed E-state index contributed by atoms with van der Waals surface area (Å²) in [7, 11) is 4.30. The minimum Gasteiger partial charge on any atom is -0.267 e. The van der Waals surface area contributed by atoms with Gasteiger partial charge in [0.2, 0.25) is 0 Å². The molecule has 0 aliphatic heterocycles. The van der Waals surface area contributed by atoms with E-state index in [0.717, 1.165) is 5.70 Å². The average Bonchev–Trinajstić information content (AvgIpc) is 2.24. The van der Waals surface area contributed by atoms with Crippen LogP contribution in [0.2, 0.25) is 0 Å². The molecular weight excluding hydrogens is 182 g/mol. The molecule has 0 aromatic carbocycles. The summed E-state index contributed by atoms with van der Waals surface area (Å²) in [6.45, 7) is 16.3. The molecule has 15 heavy (non-hydrogen) atoms. The molecule has 84 valence electrons. The Morgan fingerprint density at radius 2 is 1.60 bits per heavy atom. The first-order valence-corrected chi connectivity index (χ1v) is 5.26. The Labute approximate surface area is 94.7 Å². The number of hydrogen-bond acceptors (Lipinski definition) is 0. The lowest BCUT2D eigenvalue weighted by Crippen LogP contribution is -2.37.